The number of carbonyl (C=O) groups is 1. The van der Waals surface area contributed by atoms with E-state index in [1.807, 2.05) is 11.9 Å². The van der Waals surface area contributed by atoms with Crippen LogP contribution in [0.1, 0.15) is 19.3 Å². The lowest BCUT2D eigenvalue weighted by Gasteiger charge is -2.16. The molecular formula is C14H21N3O4. The van der Waals surface area contributed by atoms with Gasteiger partial charge in [-0.15, -0.1) is 0 Å². The Morgan fingerprint density at radius 3 is 2.52 bits per heavy atom. The van der Waals surface area contributed by atoms with Crippen molar-refractivity contribution < 1.29 is 14.8 Å². The predicted molar refractivity (Wildman–Crippen MR) is 80.2 cm³/mol. The lowest BCUT2D eigenvalue weighted by Crippen LogP contribution is -2.30. The molecule has 0 aliphatic carbocycles. The summed E-state index contributed by atoms with van der Waals surface area (Å²) in [4.78, 5) is 23.7. The van der Waals surface area contributed by atoms with Crippen LogP contribution >= 0.6 is 0 Å². The maximum Gasteiger partial charge on any atom is 0.269 e. The Kier molecular flexibility index (Phi) is 7.34. The van der Waals surface area contributed by atoms with Crippen LogP contribution in [0.25, 0.3) is 0 Å². The summed E-state index contributed by atoms with van der Waals surface area (Å²) in [6.45, 7) is 1.24. The van der Waals surface area contributed by atoms with Crippen molar-refractivity contribution in [2.45, 2.75) is 19.3 Å². The van der Waals surface area contributed by atoms with Crippen molar-refractivity contribution in [2.24, 2.45) is 0 Å². The Hall–Kier alpha value is -1.99. The molecule has 21 heavy (non-hydrogen) atoms. The molecule has 7 nitrogen and oxygen atoms in total. The molecule has 0 aliphatic heterocycles. The minimum absolute atomic E-state index is 0.00556. The summed E-state index contributed by atoms with van der Waals surface area (Å²) in [6.07, 6.45) is 2.65. The Bertz CT molecular complexity index is 462. The first-order valence-corrected chi connectivity index (χ1v) is 6.86. The SMILES string of the molecule is CN(CCCCCO)CC(=O)Nc1ccc([N+](=O)[O-])cc1. The van der Waals surface area contributed by atoms with Crippen LogP contribution in [0, 0.1) is 10.1 Å². The lowest BCUT2D eigenvalue weighted by molar-refractivity contribution is -0.384. The Labute approximate surface area is 123 Å². The number of benzene rings is 1. The van der Waals surface area contributed by atoms with Gasteiger partial charge in [-0.25, -0.2) is 0 Å². The molecule has 0 heterocycles. The molecular weight excluding hydrogens is 274 g/mol. The van der Waals surface area contributed by atoms with E-state index < -0.39 is 4.92 Å². The fourth-order valence-corrected chi connectivity index (χ4v) is 1.86. The lowest BCUT2D eigenvalue weighted by atomic mass is 10.2. The number of aliphatic hydroxyl groups excluding tert-OH is 1. The third-order valence-electron chi connectivity index (χ3n) is 2.97. The highest BCUT2D eigenvalue weighted by Gasteiger charge is 2.08. The summed E-state index contributed by atoms with van der Waals surface area (Å²) in [5.41, 5.74) is 0.535. The number of aliphatic hydroxyl groups is 1. The summed E-state index contributed by atoms with van der Waals surface area (Å²) in [7, 11) is 1.86. The number of amides is 1. The van der Waals surface area contributed by atoms with E-state index in [1.165, 1.54) is 24.3 Å². The molecule has 116 valence electrons. The van der Waals surface area contributed by atoms with E-state index in [1.54, 1.807) is 0 Å². The first-order chi connectivity index (χ1) is 10.0. The largest absolute Gasteiger partial charge is 0.396 e. The first kappa shape index (κ1) is 17.1. The van der Waals surface area contributed by atoms with Gasteiger partial charge in [0.25, 0.3) is 5.69 Å². The van der Waals surface area contributed by atoms with Gasteiger partial charge in [0.1, 0.15) is 0 Å². The van der Waals surface area contributed by atoms with Crippen LogP contribution in [-0.4, -0.2) is 47.6 Å². The number of likely N-dealkylation sites (N-methyl/N-ethyl adjacent to an activating group) is 1. The van der Waals surface area contributed by atoms with Crippen LogP contribution in [0.3, 0.4) is 0 Å². The van der Waals surface area contributed by atoms with Crippen LogP contribution in [0.5, 0.6) is 0 Å². The Morgan fingerprint density at radius 1 is 1.29 bits per heavy atom. The second-order valence-electron chi connectivity index (χ2n) is 4.87. The topological polar surface area (TPSA) is 95.7 Å². The highest BCUT2D eigenvalue weighted by Crippen LogP contribution is 2.15. The number of hydrogen-bond donors (Lipinski definition) is 2. The highest BCUT2D eigenvalue weighted by atomic mass is 16.6. The number of rotatable bonds is 9. The van der Waals surface area contributed by atoms with E-state index in [0.29, 0.717) is 5.69 Å². The molecule has 1 rings (SSSR count). The third-order valence-corrected chi connectivity index (χ3v) is 2.97. The number of non-ortho nitro benzene ring substituents is 1. The zero-order valence-corrected chi connectivity index (χ0v) is 12.1. The standard InChI is InChI=1S/C14H21N3O4/c1-16(9-3-2-4-10-18)11-14(19)15-12-5-7-13(8-6-12)17(20)21/h5-8,18H,2-4,9-11H2,1H3,(H,15,19). The molecule has 1 aromatic rings. The molecule has 0 radical (unpaired) electrons. The molecule has 0 saturated carbocycles. The van der Waals surface area contributed by atoms with E-state index in [0.717, 1.165) is 25.8 Å². The normalized spacial score (nSPS) is 10.6. The van der Waals surface area contributed by atoms with Crippen molar-refractivity contribution in [3.8, 4) is 0 Å². The quantitative estimate of drug-likeness (QED) is 0.410. The average Bonchev–Trinajstić information content (AvgIpc) is 2.44. The zero-order chi connectivity index (χ0) is 15.7. The van der Waals surface area contributed by atoms with Gasteiger partial charge in [-0.3, -0.25) is 19.8 Å². The van der Waals surface area contributed by atoms with Crippen LogP contribution in [0.2, 0.25) is 0 Å². The molecule has 7 heteroatoms. The fourth-order valence-electron chi connectivity index (χ4n) is 1.86. The van der Waals surface area contributed by atoms with Crippen LogP contribution in [-0.2, 0) is 4.79 Å². The van der Waals surface area contributed by atoms with Crippen molar-refractivity contribution in [2.75, 3.05) is 32.1 Å². The molecule has 0 fully saturated rings. The summed E-state index contributed by atoms with van der Waals surface area (Å²) < 4.78 is 0. The maximum atomic E-state index is 11.8. The van der Waals surface area contributed by atoms with Crippen molar-refractivity contribution >= 4 is 17.3 Å². The average molecular weight is 295 g/mol. The molecule has 0 unspecified atom stereocenters. The van der Waals surface area contributed by atoms with Gasteiger partial charge in [0.05, 0.1) is 11.5 Å². The minimum Gasteiger partial charge on any atom is -0.396 e. The molecule has 0 saturated heterocycles. The molecule has 0 bridgehead atoms. The number of anilines is 1. The van der Waals surface area contributed by atoms with Gasteiger partial charge in [0.15, 0.2) is 0 Å². The second-order valence-corrected chi connectivity index (χ2v) is 4.87. The molecule has 0 aromatic heterocycles. The summed E-state index contributed by atoms with van der Waals surface area (Å²) in [5.74, 6) is -0.159. The van der Waals surface area contributed by atoms with Crippen molar-refractivity contribution in [1.29, 1.82) is 0 Å². The zero-order valence-electron chi connectivity index (χ0n) is 12.1. The first-order valence-electron chi connectivity index (χ1n) is 6.86. The number of nitrogens with zero attached hydrogens (tertiary/aromatic N) is 2. The number of carbonyl (C=O) groups excluding carboxylic acids is 1. The van der Waals surface area contributed by atoms with Gasteiger partial charge in [-0.1, -0.05) is 0 Å². The second kappa shape index (κ2) is 9.04. The minimum atomic E-state index is -0.480. The van der Waals surface area contributed by atoms with E-state index in [-0.39, 0.29) is 24.7 Å². The van der Waals surface area contributed by atoms with E-state index in [2.05, 4.69) is 5.32 Å². The number of hydrogen-bond acceptors (Lipinski definition) is 5. The van der Waals surface area contributed by atoms with Gasteiger partial charge in [-0.2, -0.15) is 0 Å². The number of nitrogens with one attached hydrogen (secondary N) is 1. The molecule has 2 N–H and O–H groups in total. The van der Waals surface area contributed by atoms with Gasteiger partial charge < -0.3 is 10.4 Å². The third kappa shape index (κ3) is 6.82. The fraction of sp³-hybridized carbons (Fsp3) is 0.500. The summed E-state index contributed by atoms with van der Waals surface area (Å²) in [5, 5.41) is 21.9. The van der Waals surface area contributed by atoms with Gasteiger partial charge in [0, 0.05) is 24.4 Å². The maximum absolute atomic E-state index is 11.8. The summed E-state index contributed by atoms with van der Waals surface area (Å²) in [6, 6.07) is 5.73. The number of nitro groups is 1. The molecule has 0 atom stereocenters. The van der Waals surface area contributed by atoms with Crippen molar-refractivity contribution in [3.05, 3.63) is 34.4 Å². The summed E-state index contributed by atoms with van der Waals surface area (Å²) >= 11 is 0. The monoisotopic (exact) mass is 295 g/mol. The predicted octanol–water partition coefficient (Wildman–Crippen LogP) is 1.63. The smallest absolute Gasteiger partial charge is 0.269 e. The Balaban J connectivity index is 2.34. The number of nitro benzene ring substituents is 1. The van der Waals surface area contributed by atoms with Gasteiger partial charge >= 0.3 is 0 Å². The molecule has 1 amide bonds. The molecule has 1 aromatic carbocycles. The van der Waals surface area contributed by atoms with Gasteiger partial charge in [-0.05, 0) is 45.0 Å². The number of unbranched alkanes of at least 4 members (excludes halogenated alkanes) is 2. The Morgan fingerprint density at radius 2 is 1.95 bits per heavy atom. The highest BCUT2D eigenvalue weighted by molar-refractivity contribution is 5.92. The van der Waals surface area contributed by atoms with Crippen molar-refractivity contribution in [3.63, 3.8) is 0 Å². The van der Waals surface area contributed by atoms with Gasteiger partial charge in [0.2, 0.25) is 5.91 Å². The van der Waals surface area contributed by atoms with Crippen molar-refractivity contribution in [1.82, 2.24) is 4.90 Å². The van der Waals surface area contributed by atoms with E-state index >= 15 is 0 Å². The van der Waals surface area contributed by atoms with Crippen LogP contribution in [0.4, 0.5) is 11.4 Å². The van der Waals surface area contributed by atoms with E-state index in [9.17, 15) is 14.9 Å². The molecule has 0 spiro atoms. The molecule has 0 aliphatic rings. The van der Waals surface area contributed by atoms with Crippen LogP contribution in [0.15, 0.2) is 24.3 Å². The van der Waals surface area contributed by atoms with Crippen LogP contribution < -0.4 is 5.32 Å². The van der Waals surface area contributed by atoms with E-state index in [4.69, 9.17) is 5.11 Å².